The molecule has 6 nitrogen and oxygen atoms in total. The average molecular weight is 385 g/mol. The van der Waals surface area contributed by atoms with Gasteiger partial charge in [-0.25, -0.2) is 0 Å². The van der Waals surface area contributed by atoms with Crippen LogP contribution in [0.15, 0.2) is 36.4 Å². The minimum absolute atomic E-state index is 0.120. The molecular formula is C20H23N3O3S. The van der Waals surface area contributed by atoms with E-state index in [4.69, 9.17) is 10.5 Å². The molecule has 7 heteroatoms. The van der Waals surface area contributed by atoms with Crippen LogP contribution in [0.3, 0.4) is 0 Å². The number of amides is 2. The van der Waals surface area contributed by atoms with Crippen LogP contribution in [0, 0.1) is 0 Å². The van der Waals surface area contributed by atoms with Crippen molar-refractivity contribution in [3.8, 4) is 5.75 Å². The van der Waals surface area contributed by atoms with E-state index < -0.39 is 5.91 Å². The number of nitrogens with one attached hydrogen (secondary N) is 1. The number of carbonyl (C=O) groups excluding carboxylic acids is 2. The van der Waals surface area contributed by atoms with Gasteiger partial charge in [0, 0.05) is 25.1 Å². The van der Waals surface area contributed by atoms with Crippen LogP contribution in [0.4, 0.5) is 0 Å². The third-order valence-electron chi connectivity index (χ3n) is 5.47. The molecule has 1 fully saturated rings. The molecule has 142 valence electrons. The summed E-state index contributed by atoms with van der Waals surface area (Å²) in [5.74, 6) is 0.153. The molecule has 0 bridgehead atoms. The summed E-state index contributed by atoms with van der Waals surface area (Å²) < 4.78 is 6.43. The van der Waals surface area contributed by atoms with Crippen LogP contribution in [-0.2, 0) is 0 Å². The highest BCUT2D eigenvalue weighted by Gasteiger charge is 2.43. The molecule has 0 aliphatic carbocycles. The number of thiophene rings is 1. The number of nitrogens with zero attached hydrogens (tertiary/aromatic N) is 1. The lowest BCUT2D eigenvalue weighted by Crippen LogP contribution is -2.51. The van der Waals surface area contributed by atoms with E-state index in [1.165, 1.54) is 0 Å². The maximum Gasteiger partial charge on any atom is 0.261 e. The van der Waals surface area contributed by atoms with Crippen molar-refractivity contribution in [2.75, 3.05) is 20.1 Å². The maximum absolute atomic E-state index is 12.8. The SMILES string of the molecule is CN1CCC2(CC1)C[C@H](NC(=O)c1ccc(C(N)=O)s1)c1ccccc1O2. The summed E-state index contributed by atoms with van der Waals surface area (Å²) in [6.07, 6.45) is 2.63. The number of para-hydroxylation sites is 1. The number of nitrogens with two attached hydrogens (primary N) is 1. The fourth-order valence-corrected chi connectivity index (χ4v) is 4.66. The second kappa shape index (κ2) is 6.98. The predicted molar refractivity (Wildman–Crippen MR) is 104 cm³/mol. The second-order valence-electron chi connectivity index (χ2n) is 7.38. The standard InChI is InChI=1S/C20H23N3O3S/c1-23-10-8-20(9-11-23)12-14(13-4-2-3-5-15(13)26-20)22-19(25)17-7-6-16(27-17)18(21)24/h2-7,14H,8-12H2,1H3,(H2,21,24)(H,22,25)/t14-/m0/s1. The summed E-state index contributed by atoms with van der Waals surface area (Å²) in [7, 11) is 2.12. The number of hydrogen-bond acceptors (Lipinski definition) is 5. The molecule has 2 amide bonds. The Morgan fingerprint density at radius 1 is 1.19 bits per heavy atom. The van der Waals surface area contributed by atoms with Gasteiger partial charge in [0.2, 0.25) is 0 Å². The van der Waals surface area contributed by atoms with Crippen molar-refractivity contribution in [3.05, 3.63) is 51.7 Å². The molecule has 27 heavy (non-hydrogen) atoms. The van der Waals surface area contributed by atoms with Crippen LogP contribution in [-0.4, -0.2) is 42.5 Å². The summed E-state index contributed by atoms with van der Waals surface area (Å²) in [5.41, 5.74) is 6.06. The van der Waals surface area contributed by atoms with E-state index in [0.29, 0.717) is 9.75 Å². The third kappa shape index (κ3) is 3.57. The number of ether oxygens (including phenoxy) is 1. The van der Waals surface area contributed by atoms with Gasteiger partial charge in [0.05, 0.1) is 15.8 Å². The molecular weight excluding hydrogens is 362 g/mol. The highest BCUT2D eigenvalue weighted by molar-refractivity contribution is 7.15. The van der Waals surface area contributed by atoms with Gasteiger partial charge in [0.25, 0.3) is 11.8 Å². The van der Waals surface area contributed by atoms with Crippen LogP contribution in [0.25, 0.3) is 0 Å². The molecule has 2 aliphatic rings. The molecule has 1 atom stereocenters. The van der Waals surface area contributed by atoms with Crippen molar-refractivity contribution in [1.29, 1.82) is 0 Å². The van der Waals surface area contributed by atoms with Gasteiger partial charge in [0.15, 0.2) is 0 Å². The van der Waals surface area contributed by atoms with Crippen LogP contribution in [0.1, 0.15) is 50.2 Å². The third-order valence-corrected chi connectivity index (χ3v) is 6.57. The van der Waals surface area contributed by atoms with Crippen molar-refractivity contribution in [2.24, 2.45) is 5.73 Å². The number of rotatable bonds is 3. The van der Waals surface area contributed by atoms with Gasteiger partial charge in [-0.3, -0.25) is 9.59 Å². The summed E-state index contributed by atoms with van der Waals surface area (Å²) >= 11 is 1.12. The molecule has 2 aliphatic heterocycles. The van der Waals surface area contributed by atoms with Crippen molar-refractivity contribution < 1.29 is 14.3 Å². The summed E-state index contributed by atoms with van der Waals surface area (Å²) in [4.78, 5) is 27.3. The first-order chi connectivity index (χ1) is 13.0. The largest absolute Gasteiger partial charge is 0.487 e. The van der Waals surface area contributed by atoms with Gasteiger partial charge in [-0.1, -0.05) is 18.2 Å². The van der Waals surface area contributed by atoms with Gasteiger partial charge in [0.1, 0.15) is 11.4 Å². The van der Waals surface area contributed by atoms with E-state index in [-0.39, 0.29) is 17.6 Å². The van der Waals surface area contributed by atoms with Crippen molar-refractivity contribution >= 4 is 23.2 Å². The van der Waals surface area contributed by atoms with E-state index in [2.05, 4.69) is 17.3 Å². The maximum atomic E-state index is 12.8. The summed E-state index contributed by atoms with van der Waals surface area (Å²) in [6.45, 7) is 1.96. The monoisotopic (exact) mass is 385 g/mol. The number of benzene rings is 1. The average Bonchev–Trinajstić information content (AvgIpc) is 3.15. The molecule has 3 heterocycles. The molecule has 0 unspecified atom stereocenters. The molecule has 2 aromatic rings. The Morgan fingerprint density at radius 2 is 1.89 bits per heavy atom. The minimum atomic E-state index is -0.513. The highest BCUT2D eigenvalue weighted by atomic mass is 32.1. The number of hydrogen-bond donors (Lipinski definition) is 2. The number of carbonyl (C=O) groups is 2. The molecule has 1 aromatic heterocycles. The molecule has 0 radical (unpaired) electrons. The highest BCUT2D eigenvalue weighted by Crippen LogP contribution is 2.44. The zero-order valence-electron chi connectivity index (χ0n) is 15.2. The second-order valence-corrected chi connectivity index (χ2v) is 8.47. The van der Waals surface area contributed by atoms with Crippen LogP contribution in [0.2, 0.25) is 0 Å². The Bertz CT molecular complexity index is 871. The summed E-state index contributed by atoms with van der Waals surface area (Å²) in [5, 5.41) is 3.15. The Balaban J connectivity index is 1.58. The number of likely N-dealkylation sites (tertiary alicyclic amines) is 1. The van der Waals surface area contributed by atoms with Gasteiger partial charge in [-0.15, -0.1) is 11.3 Å². The molecule has 1 saturated heterocycles. The first-order valence-corrected chi connectivity index (χ1v) is 9.94. The lowest BCUT2D eigenvalue weighted by molar-refractivity contribution is -0.0195. The number of piperidine rings is 1. The van der Waals surface area contributed by atoms with E-state index in [9.17, 15) is 9.59 Å². The van der Waals surface area contributed by atoms with E-state index in [1.807, 2.05) is 24.3 Å². The number of primary amides is 1. The quantitative estimate of drug-likeness (QED) is 0.850. The van der Waals surface area contributed by atoms with E-state index in [0.717, 1.165) is 55.0 Å². The molecule has 1 aromatic carbocycles. The van der Waals surface area contributed by atoms with E-state index >= 15 is 0 Å². The Morgan fingerprint density at radius 3 is 2.59 bits per heavy atom. The van der Waals surface area contributed by atoms with Gasteiger partial charge in [-0.2, -0.15) is 0 Å². The molecule has 4 rings (SSSR count). The van der Waals surface area contributed by atoms with Crippen LogP contribution >= 0.6 is 11.3 Å². The van der Waals surface area contributed by atoms with Crippen molar-refractivity contribution in [2.45, 2.75) is 30.9 Å². The Hall–Kier alpha value is -2.38. The zero-order valence-corrected chi connectivity index (χ0v) is 16.1. The fourth-order valence-electron chi connectivity index (χ4n) is 3.90. The smallest absolute Gasteiger partial charge is 0.261 e. The topological polar surface area (TPSA) is 84.7 Å². The van der Waals surface area contributed by atoms with E-state index in [1.54, 1.807) is 12.1 Å². The van der Waals surface area contributed by atoms with Crippen molar-refractivity contribution in [3.63, 3.8) is 0 Å². The molecule has 1 spiro atoms. The van der Waals surface area contributed by atoms with Crippen LogP contribution in [0.5, 0.6) is 5.75 Å². The zero-order chi connectivity index (χ0) is 19.0. The minimum Gasteiger partial charge on any atom is -0.487 e. The van der Waals surface area contributed by atoms with Crippen LogP contribution < -0.4 is 15.8 Å². The Labute approximate surface area is 162 Å². The Kier molecular flexibility index (Phi) is 4.65. The lowest BCUT2D eigenvalue weighted by Gasteiger charge is -2.46. The lowest BCUT2D eigenvalue weighted by atomic mass is 9.80. The molecule has 3 N–H and O–H groups in total. The fraction of sp³-hybridized carbons (Fsp3) is 0.400. The molecule has 0 saturated carbocycles. The first kappa shape index (κ1) is 18.0. The summed E-state index contributed by atoms with van der Waals surface area (Å²) in [6, 6.07) is 11.0. The van der Waals surface area contributed by atoms with Gasteiger partial charge in [-0.05, 0) is 38.1 Å². The van der Waals surface area contributed by atoms with Crippen molar-refractivity contribution in [1.82, 2.24) is 10.2 Å². The van der Waals surface area contributed by atoms with Gasteiger partial charge >= 0.3 is 0 Å². The number of fused-ring (bicyclic) bond motifs is 1. The predicted octanol–water partition coefficient (Wildman–Crippen LogP) is 2.57. The first-order valence-electron chi connectivity index (χ1n) is 9.13. The van der Waals surface area contributed by atoms with Gasteiger partial charge < -0.3 is 20.7 Å². The normalized spacial score (nSPS) is 21.3.